The molecule has 5 rings (SSSR count). The molecule has 0 aromatic heterocycles. The summed E-state index contributed by atoms with van der Waals surface area (Å²) in [6.07, 6.45) is 8.27. The molecule has 6 heteroatoms. The van der Waals surface area contributed by atoms with Crippen molar-refractivity contribution in [1.82, 2.24) is 10.3 Å². The minimum atomic E-state index is 0.108. The predicted octanol–water partition coefficient (Wildman–Crippen LogP) is 4.09. The van der Waals surface area contributed by atoms with Crippen LogP contribution in [0.3, 0.4) is 0 Å². The summed E-state index contributed by atoms with van der Waals surface area (Å²) >= 11 is 1.50. The van der Waals surface area contributed by atoms with Crippen LogP contribution in [0, 0.1) is 17.8 Å². The van der Waals surface area contributed by atoms with Crippen molar-refractivity contribution in [2.24, 2.45) is 27.8 Å². The van der Waals surface area contributed by atoms with Crippen molar-refractivity contribution in [2.75, 3.05) is 5.75 Å². The Labute approximate surface area is 164 Å². The maximum absolute atomic E-state index is 12.6. The molecule has 1 N–H and O–H groups in total. The molecule has 2 fully saturated rings. The van der Waals surface area contributed by atoms with E-state index in [4.69, 9.17) is 4.99 Å². The summed E-state index contributed by atoms with van der Waals surface area (Å²) < 4.78 is 0. The normalized spacial score (nSPS) is 31.4. The number of amides is 1. The molecule has 4 aliphatic rings. The summed E-state index contributed by atoms with van der Waals surface area (Å²) in [4.78, 5) is 17.3. The van der Waals surface area contributed by atoms with Crippen molar-refractivity contribution in [1.29, 1.82) is 0 Å². The van der Waals surface area contributed by atoms with Gasteiger partial charge in [-0.3, -0.25) is 4.79 Å². The third-order valence-corrected chi connectivity index (χ3v) is 7.64. The van der Waals surface area contributed by atoms with Gasteiger partial charge in [-0.1, -0.05) is 36.4 Å². The quantitative estimate of drug-likeness (QED) is 0.853. The number of hydrazone groups is 1. The SMILES string of the molecule is C[C@H](NC(=O)CSC1=Nc2ccccc2[C@@H]2CC=NN12)[C@@H]1C[C@H]2CC[C@H]1C2. The van der Waals surface area contributed by atoms with Crippen LogP contribution in [0.25, 0.3) is 0 Å². The molecule has 2 aliphatic heterocycles. The molecule has 0 radical (unpaired) electrons. The highest BCUT2D eigenvalue weighted by atomic mass is 32.2. The van der Waals surface area contributed by atoms with Crippen LogP contribution in [-0.4, -0.2) is 34.1 Å². The van der Waals surface area contributed by atoms with Gasteiger partial charge < -0.3 is 5.32 Å². The van der Waals surface area contributed by atoms with E-state index in [9.17, 15) is 4.79 Å². The van der Waals surface area contributed by atoms with Gasteiger partial charge in [0.25, 0.3) is 0 Å². The average Bonchev–Trinajstić information content (AvgIpc) is 3.42. The molecule has 2 heterocycles. The van der Waals surface area contributed by atoms with E-state index in [1.807, 2.05) is 29.4 Å². The molecule has 5 atom stereocenters. The van der Waals surface area contributed by atoms with Gasteiger partial charge >= 0.3 is 0 Å². The molecule has 2 aliphatic carbocycles. The van der Waals surface area contributed by atoms with Gasteiger partial charge in [0.05, 0.1) is 17.5 Å². The summed E-state index contributed by atoms with van der Waals surface area (Å²) in [7, 11) is 0. The lowest BCUT2D eigenvalue weighted by Crippen LogP contribution is -2.41. The number of rotatable bonds is 4. The van der Waals surface area contributed by atoms with Crippen molar-refractivity contribution >= 4 is 34.7 Å². The largest absolute Gasteiger partial charge is 0.353 e. The van der Waals surface area contributed by atoms with E-state index in [1.54, 1.807) is 0 Å². The highest BCUT2D eigenvalue weighted by molar-refractivity contribution is 8.14. The summed E-state index contributed by atoms with van der Waals surface area (Å²) in [6, 6.07) is 8.73. The average molecular weight is 383 g/mol. The number of nitrogens with one attached hydrogen (secondary N) is 1. The molecule has 142 valence electrons. The van der Waals surface area contributed by atoms with Gasteiger partial charge in [0.15, 0.2) is 5.17 Å². The van der Waals surface area contributed by atoms with Crippen LogP contribution in [0.2, 0.25) is 0 Å². The van der Waals surface area contributed by atoms with Crippen molar-refractivity contribution in [2.45, 2.75) is 51.1 Å². The first-order valence-electron chi connectivity index (χ1n) is 10.1. The molecule has 0 unspecified atom stereocenters. The Morgan fingerprint density at radius 3 is 3.04 bits per heavy atom. The number of carbonyl (C=O) groups excluding carboxylic acids is 1. The Hall–Kier alpha value is -1.82. The Bertz CT molecular complexity index is 807. The molecule has 2 saturated carbocycles. The Morgan fingerprint density at radius 2 is 2.22 bits per heavy atom. The highest BCUT2D eigenvalue weighted by Crippen LogP contribution is 2.49. The number of hydrogen-bond donors (Lipinski definition) is 1. The van der Waals surface area contributed by atoms with Crippen LogP contribution in [0.15, 0.2) is 34.4 Å². The lowest BCUT2D eigenvalue weighted by molar-refractivity contribution is -0.119. The minimum Gasteiger partial charge on any atom is -0.353 e. The first-order valence-corrected chi connectivity index (χ1v) is 11.1. The topological polar surface area (TPSA) is 57.1 Å². The van der Waals surface area contributed by atoms with Gasteiger partial charge in [-0.05, 0) is 50.0 Å². The standard InChI is InChI=1S/C21H26N4OS/c1-13(17-11-14-6-7-15(17)10-14)23-20(26)12-27-21-24-18-5-3-2-4-16(18)19-8-9-22-25(19)21/h2-5,9,13-15,17,19H,6-8,10-12H2,1H3,(H,23,26)/t13-,14-,15-,17-,19-/m0/s1. The fourth-order valence-corrected chi connectivity index (χ4v) is 6.23. The first-order chi connectivity index (χ1) is 13.2. The predicted molar refractivity (Wildman–Crippen MR) is 110 cm³/mol. The number of fused-ring (bicyclic) bond motifs is 5. The lowest BCUT2D eigenvalue weighted by atomic mass is 9.84. The Balaban J connectivity index is 1.21. The van der Waals surface area contributed by atoms with Crippen LogP contribution in [-0.2, 0) is 4.79 Å². The van der Waals surface area contributed by atoms with Crippen molar-refractivity contribution < 1.29 is 4.79 Å². The van der Waals surface area contributed by atoms with E-state index >= 15 is 0 Å². The van der Waals surface area contributed by atoms with E-state index in [0.29, 0.717) is 11.7 Å². The molecule has 0 spiro atoms. The van der Waals surface area contributed by atoms with Crippen LogP contribution in [0.1, 0.15) is 50.6 Å². The molecule has 1 amide bonds. The monoisotopic (exact) mass is 382 g/mol. The van der Waals surface area contributed by atoms with E-state index in [1.165, 1.54) is 43.0 Å². The molecule has 5 nitrogen and oxygen atoms in total. The van der Waals surface area contributed by atoms with E-state index < -0.39 is 0 Å². The fourth-order valence-electron chi connectivity index (χ4n) is 5.42. The second-order valence-corrected chi connectivity index (χ2v) is 9.27. The maximum Gasteiger partial charge on any atom is 0.230 e. The highest BCUT2D eigenvalue weighted by Gasteiger charge is 2.42. The zero-order valence-electron chi connectivity index (χ0n) is 15.7. The van der Waals surface area contributed by atoms with Gasteiger partial charge in [0, 0.05) is 24.2 Å². The zero-order chi connectivity index (χ0) is 18.4. The number of hydrogen-bond acceptors (Lipinski definition) is 5. The van der Waals surface area contributed by atoms with Crippen molar-refractivity contribution in [3.05, 3.63) is 29.8 Å². The molecular formula is C21H26N4OS. The maximum atomic E-state index is 12.6. The van der Waals surface area contributed by atoms with Gasteiger partial charge in [0.2, 0.25) is 5.91 Å². The number of para-hydroxylation sites is 1. The van der Waals surface area contributed by atoms with E-state index in [-0.39, 0.29) is 18.0 Å². The van der Waals surface area contributed by atoms with Crippen molar-refractivity contribution in [3.8, 4) is 0 Å². The van der Waals surface area contributed by atoms with Crippen LogP contribution < -0.4 is 5.32 Å². The van der Waals surface area contributed by atoms with Crippen LogP contribution in [0.5, 0.6) is 0 Å². The third kappa shape index (κ3) is 3.18. The Kier molecular flexibility index (Phi) is 4.46. The summed E-state index contributed by atoms with van der Waals surface area (Å²) in [5.74, 6) is 2.91. The number of amidine groups is 1. The molecule has 1 aromatic rings. The minimum absolute atomic E-state index is 0.108. The first kappa shape index (κ1) is 17.3. The number of aliphatic imine (C=N–C) groups is 1. The van der Waals surface area contributed by atoms with E-state index in [0.717, 1.165) is 29.1 Å². The second kappa shape index (κ2) is 6.97. The lowest BCUT2D eigenvalue weighted by Gasteiger charge is -2.30. The number of carbonyl (C=O) groups is 1. The van der Waals surface area contributed by atoms with Gasteiger partial charge in [-0.25, -0.2) is 10.0 Å². The molecule has 1 aromatic carbocycles. The van der Waals surface area contributed by atoms with Crippen LogP contribution >= 0.6 is 11.8 Å². The Morgan fingerprint density at radius 1 is 1.33 bits per heavy atom. The third-order valence-electron chi connectivity index (χ3n) is 6.69. The van der Waals surface area contributed by atoms with Gasteiger partial charge in [-0.2, -0.15) is 5.10 Å². The second-order valence-electron chi connectivity index (χ2n) is 8.33. The molecule has 2 bridgehead atoms. The smallest absolute Gasteiger partial charge is 0.230 e. The molecule has 0 saturated heterocycles. The number of nitrogens with zero attached hydrogens (tertiary/aromatic N) is 3. The van der Waals surface area contributed by atoms with Gasteiger partial charge in [-0.15, -0.1) is 0 Å². The zero-order valence-corrected chi connectivity index (χ0v) is 16.5. The van der Waals surface area contributed by atoms with Crippen LogP contribution in [0.4, 0.5) is 5.69 Å². The fraction of sp³-hybridized carbons (Fsp3) is 0.571. The summed E-state index contributed by atoms with van der Waals surface area (Å²) in [5.41, 5.74) is 2.22. The van der Waals surface area contributed by atoms with E-state index in [2.05, 4.69) is 23.4 Å². The molecular weight excluding hydrogens is 356 g/mol. The van der Waals surface area contributed by atoms with Gasteiger partial charge in [0.1, 0.15) is 0 Å². The summed E-state index contributed by atoms with van der Waals surface area (Å²) in [5, 5.41) is 10.5. The van der Waals surface area contributed by atoms with Crippen molar-refractivity contribution in [3.63, 3.8) is 0 Å². The number of thioether (sulfide) groups is 1. The summed E-state index contributed by atoms with van der Waals surface area (Å²) in [6.45, 7) is 2.18. The molecule has 27 heavy (non-hydrogen) atoms. The number of benzene rings is 1.